The summed E-state index contributed by atoms with van der Waals surface area (Å²) in [5.41, 5.74) is 2.25. The van der Waals surface area contributed by atoms with Gasteiger partial charge >= 0.3 is 0 Å². The van der Waals surface area contributed by atoms with E-state index in [1.54, 1.807) is 12.5 Å². The van der Waals surface area contributed by atoms with Gasteiger partial charge in [-0.25, -0.2) is 4.98 Å². The lowest BCUT2D eigenvalue weighted by Gasteiger charge is -2.07. The molecule has 0 aliphatic carbocycles. The van der Waals surface area contributed by atoms with Crippen LogP contribution in [-0.4, -0.2) is 9.55 Å². The van der Waals surface area contributed by atoms with Gasteiger partial charge in [-0.05, 0) is 23.8 Å². The predicted molar refractivity (Wildman–Crippen MR) is 61.2 cm³/mol. The average molecular weight is 272 g/mol. The van der Waals surface area contributed by atoms with Crippen LogP contribution in [0.15, 0.2) is 36.9 Å². The van der Waals surface area contributed by atoms with Crippen LogP contribution in [0.1, 0.15) is 5.56 Å². The monoisotopic (exact) mass is 270 g/mol. The van der Waals surface area contributed by atoms with E-state index in [2.05, 4.69) is 20.9 Å². The maximum atomic E-state index is 5.91. The molecule has 4 heteroatoms. The summed E-state index contributed by atoms with van der Waals surface area (Å²) >= 11 is 9.35. The number of hydrogen-bond donors (Lipinski definition) is 0. The third-order valence-corrected chi connectivity index (χ3v) is 2.81. The Balaban J connectivity index is 2.53. The zero-order chi connectivity index (χ0) is 9.97. The van der Waals surface area contributed by atoms with E-state index in [1.165, 1.54) is 0 Å². The van der Waals surface area contributed by atoms with Crippen molar-refractivity contribution in [3.8, 4) is 5.69 Å². The zero-order valence-electron chi connectivity index (χ0n) is 7.32. The summed E-state index contributed by atoms with van der Waals surface area (Å²) < 4.78 is 1.97. The molecule has 0 bridgehead atoms. The van der Waals surface area contributed by atoms with Crippen molar-refractivity contribution in [2.45, 2.75) is 5.33 Å². The molecule has 0 radical (unpaired) electrons. The van der Waals surface area contributed by atoms with Gasteiger partial charge in [-0.1, -0.05) is 27.5 Å². The maximum absolute atomic E-state index is 5.91. The molecule has 2 nitrogen and oxygen atoms in total. The molecule has 0 spiro atoms. The van der Waals surface area contributed by atoms with Crippen molar-refractivity contribution in [2.75, 3.05) is 0 Å². The quantitative estimate of drug-likeness (QED) is 0.765. The summed E-state index contributed by atoms with van der Waals surface area (Å²) in [6, 6.07) is 5.81. The highest BCUT2D eigenvalue weighted by molar-refractivity contribution is 9.08. The second-order valence-corrected chi connectivity index (χ2v) is 3.87. The van der Waals surface area contributed by atoms with Crippen LogP contribution >= 0.6 is 27.5 Å². The fraction of sp³-hybridized carbons (Fsp3) is 0.100. The van der Waals surface area contributed by atoms with Gasteiger partial charge in [-0.15, -0.1) is 0 Å². The van der Waals surface area contributed by atoms with Crippen LogP contribution in [0.3, 0.4) is 0 Å². The van der Waals surface area contributed by atoms with Gasteiger partial charge in [0.2, 0.25) is 0 Å². The first-order valence-corrected chi connectivity index (χ1v) is 5.64. The summed E-state index contributed by atoms with van der Waals surface area (Å²) in [6.45, 7) is 0. The minimum atomic E-state index is 0.753. The fourth-order valence-electron chi connectivity index (χ4n) is 1.31. The molecular weight excluding hydrogens is 263 g/mol. The summed E-state index contributed by atoms with van der Waals surface area (Å²) in [6.07, 6.45) is 5.44. The molecule has 0 unspecified atom stereocenters. The Morgan fingerprint density at radius 2 is 2.29 bits per heavy atom. The summed E-state index contributed by atoms with van der Waals surface area (Å²) in [5, 5.41) is 1.53. The summed E-state index contributed by atoms with van der Waals surface area (Å²) in [4.78, 5) is 4.01. The van der Waals surface area contributed by atoms with Gasteiger partial charge in [0.15, 0.2) is 0 Å². The standard InChI is InChI=1S/C10H8BrClN2/c11-6-8-5-9(12)1-2-10(8)14-4-3-13-7-14/h1-5,7H,6H2. The number of nitrogens with zero attached hydrogens (tertiary/aromatic N) is 2. The Morgan fingerprint density at radius 3 is 2.93 bits per heavy atom. The number of hydrogen-bond acceptors (Lipinski definition) is 1. The first-order chi connectivity index (χ1) is 6.81. The molecule has 14 heavy (non-hydrogen) atoms. The topological polar surface area (TPSA) is 17.8 Å². The molecule has 0 fully saturated rings. The first-order valence-electron chi connectivity index (χ1n) is 4.14. The zero-order valence-corrected chi connectivity index (χ0v) is 9.66. The van der Waals surface area contributed by atoms with Crippen LogP contribution in [0, 0.1) is 0 Å². The van der Waals surface area contributed by atoms with E-state index in [0.717, 1.165) is 21.6 Å². The third kappa shape index (κ3) is 1.83. The van der Waals surface area contributed by atoms with Crippen LogP contribution in [0.25, 0.3) is 5.69 Å². The van der Waals surface area contributed by atoms with Crippen molar-refractivity contribution in [1.29, 1.82) is 0 Å². The molecule has 0 amide bonds. The van der Waals surface area contributed by atoms with Gasteiger partial charge in [0.1, 0.15) is 0 Å². The number of aromatic nitrogens is 2. The Bertz CT molecular complexity index is 426. The normalized spacial score (nSPS) is 10.4. The van der Waals surface area contributed by atoms with E-state index in [-0.39, 0.29) is 0 Å². The minimum Gasteiger partial charge on any atom is -0.306 e. The van der Waals surface area contributed by atoms with Gasteiger partial charge in [-0.2, -0.15) is 0 Å². The Hall–Kier alpha value is -0.800. The lowest BCUT2D eigenvalue weighted by molar-refractivity contribution is 1.04. The smallest absolute Gasteiger partial charge is 0.0991 e. The predicted octanol–water partition coefficient (Wildman–Crippen LogP) is 3.42. The molecule has 0 aliphatic heterocycles. The number of halogens is 2. The Morgan fingerprint density at radius 1 is 1.43 bits per heavy atom. The maximum Gasteiger partial charge on any atom is 0.0991 e. The summed E-state index contributed by atoms with van der Waals surface area (Å²) in [5.74, 6) is 0. The highest BCUT2D eigenvalue weighted by Crippen LogP contribution is 2.21. The molecule has 1 aromatic carbocycles. The second kappa shape index (κ2) is 4.15. The van der Waals surface area contributed by atoms with Crippen molar-refractivity contribution < 1.29 is 0 Å². The molecule has 1 heterocycles. The van der Waals surface area contributed by atoms with E-state index in [9.17, 15) is 0 Å². The molecule has 0 saturated carbocycles. The van der Waals surface area contributed by atoms with Gasteiger partial charge in [0.05, 0.1) is 12.0 Å². The number of alkyl halides is 1. The van der Waals surface area contributed by atoms with E-state index in [0.29, 0.717) is 0 Å². The van der Waals surface area contributed by atoms with E-state index in [4.69, 9.17) is 11.6 Å². The van der Waals surface area contributed by atoms with Crippen LogP contribution in [0.4, 0.5) is 0 Å². The SMILES string of the molecule is Clc1ccc(-n2ccnc2)c(CBr)c1. The van der Waals surface area contributed by atoms with Gasteiger partial charge < -0.3 is 4.57 Å². The molecule has 2 rings (SSSR count). The molecule has 0 aliphatic rings. The van der Waals surface area contributed by atoms with Crippen molar-refractivity contribution in [2.24, 2.45) is 0 Å². The lowest BCUT2D eigenvalue weighted by atomic mass is 10.2. The fourth-order valence-corrected chi connectivity index (χ4v) is 1.96. The first kappa shape index (κ1) is 9.74. The van der Waals surface area contributed by atoms with E-state index in [1.807, 2.05) is 29.0 Å². The Kier molecular flexibility index (Phi) is 2.89. The molecule has 0 N–H and O–H groups in total. The van der Waals surface area contributed by atoms with Crippen molar-refractivity contribution >= 4 is 27.5 Å². The molecule has 0 atom stereocenters. The minimum absolute atomic E-state index is 0.753. The highest BCUT2D eigenvalue weighted by Gasteiger charge is 2.03. The van der Waals surface area contributed by atoms with E-state index < -0.39 is 0 Å². The van der Waals surface area contributed by atoms with Crippen LogP contribution in [0.2, 0.25) is 5.02 Å². The number of benzene rings is 1. The van der Waals surface area contributed by atoms with Crippen molar-refractivity contribution in [3.63, 3.8) is 0 Å². The number of rotatable bonds is 2. The number of imidazole rings is 1. The largest absolute Gasteiger partial charge is 0.306 e. The van der Waals surface area contributed by atoms with Crippen molar-refractivity contribution in [1.82, 2.24) is 9.55 Å². The van der Waals surface area contributed by atoms with Crippen LogP contribution in [0.5, 0.6) is 0 Å². The van der Waals surface area contributed by atoms with Gasteiger partial charge in [-0.3, -0.25) is 0 Å². The second-order valence-electron chi connectivity index (χ2n) is 2.88. The van der Waals surface area contributed by atoms with Gasteiger partial charge in [0, 0.05) is 22.7 Å². The molecular formula is C10H8BrClN2. The van der Waals surface area contributed by atoms with Gasteiger partial charge in [0.25, 0.3) is 0 Å². The average Bonchev–Trinajstić information content (AvgIpc) is 2.70. The molecule has 0 saturated heterocycles. The lowest BCUT2D eigenvalue weighted by Crippen LogP contribution is -1.95. The highest BCUT2D eigenvalue weighted by atomic mass is 79.9. The summed E-state index contributed by atoms with van der Waals surface area (Å²) in [7, 11) is 0. The van der Waals surface area contributed by atoms with Crippen LogP contribution < -0.4 is 0 Å². The van der Waals surface area contributed by atoms with Crippen molar-refractivity contribution in [3.05, 3.63) is 47.5 Å². The Labute approximate surface area is 95.7 Å². The third-order valence-electron chi connectivity index (χ3n) is 1.97. The molecule has 2 aromatic rings. The molecule has 1 aromatic heterocycles. The molecule has 72 valence electrons. The van der Waals surface area contributed by atoms with Crippen LogP contribution in [-0.2, 0) is 5.33 Å². The van der Waals surface area contributed by atoms with E-state index >= 15 is 0 Å².